The van der Waals surface area contributed by atoms with Gasteiger partial charge in [-0.3, -0.25) is 4.79 Å². The first kappa shape index (κ1) is 14.0. The molecule has 1 rings (SSSR count). The number of hydrogen-bond donors (Lipinski definition) is 1. The second-order valence-electron chi connectivity index (χ2n) is 3.59. The van der Waals surface area contributed by atoms with Crippen LogP contribution in [0.25, 0.3) is 6.08 Å². The predicted molar refractivity (Wildman–Crippen MR) is 69.5 cm³/mol. The highest BCUT2D eigenvalue weighted by Gasteiger charge is 2.12. The van der Waals surface area contributed by atoms with Crippen LogP contribution < -0.4 is 5.32 Å². The molecule has 4 nitrogen and oxygen atoms in total. The van der Waals surface area contributed by atoms with Gasteiger partial charge in [0.05, 0.1) is 6.61 Å². The number of ether oxygens (including phenoxy) is 1. The largest absolute Gasteiger partial charge is 0.461 e. The lowest BCUT2D eigenvalue weighted by Crippen LogP contribution is -2.27. The third kappa shape index (κ3) is 4.41. The summed E-state index contributed by atoms with van der Waals surface area (Å²) in [6.45, 7) is 3.72. The molecule has 1 N–H and O–H groups in total. The van der Waals surface area contributed by atoms with Gasteiger partial charge in [0.15, 0.2) is 0 Å². The minimum Gasteiger partial charge on any atom is -0.461 e. The first-order valence-corrected chi connectivity index (χ1v) is 5.91. The zero-order chi connectivity index (χ0) is 13.4. The Hall–Kier alpha value is -2.10. The molecule has 0 unspecified atom stereocenters. The molecule has 0 aliphatic heterocycles. The minimum absolute atomic E-state index is 0.162. The Morgan fingerprint density at radius 1 is 1.22 bits per heavy atom. The lowest BCUT2D eigenvalue weighted by Gasteiger charge is -2.08. The van der Waals surface area contributed by atoms with E-state index in [0.29, 0.717) is 6.42 Å². The maximum Gasteiger partial charge on any atom is 0.354 e. The van der Waals surface area contributed by atoms with Crippen LogP contribution in [0.5, 0.6) is 0 Å². The molecule has 0 aliphatic carbocycles. The van der Waals surface area contributed by atoms with Gasteiger partial charge < -0.3 is 10.1 Å². The number of rotatable bonds is 5. The summed E-state index contributed by atoms with van der Waals surface area (Å²) >= 11 is 0. The van der Waals surface area contributed by atoms with E-state index in [0.717, 1.165) is 5.56 Å². The van der Waals surface area contributed by atoms with Crippen LogP contribution in [-0.4, -0.2) is 18.5 Å². The Morgan fingerprint density at radius 3 is 2.44 bits per heavy atom. The first-order chi connectivity index (χ1) is 8.67. The highest BCUT2D eigenvalue weighted by atomic mass is 16.5. The number of hydrogen-bond acceptors (Lipinski definition) is 3. The van der Waals surface area contributed by atoms with E-state index in [2.05, 4.69) is 5.32 Å². The number of carbonyl (C=O) groups is 2. The molecule has 0 saturated heterocycles. The molecule has 0 radical (unpaired) electrons. The number of carbonyl (C=O) groups excluding carboxylic acids is 2. The van der Waals surface area contributed by atoms with Crippen LogP contribution in [0.15, 0.2) is 36.0 Å². The van der Waals surface area contributed by atoms with Gasteiger partial charge >= 0.3 is 5.97 Å². The van der Waals surface area contributed by atoms with Crippen molar-refractivity contribution < 1.29 is 14.3 Å². The van der Waals surface area contributed by atoms with Gasteiger partial charge in [0.25, 0.3) is 0 Å². The fourth-order valence-corrected chi connectivity index (χ4v) is 1.31. The van der Waals surface area contributed by atoms with Gasteiger partial charge in [0.2, 0.25) is 5.91 Å². The lowest BCUT2D eigenvalue weighted by atomic mass is 10.2. The smallest absolute Gasteiger partial charge is 0.354 e. The van der Waals surface area contributed by atoms with Crippen LogP contribution in [0.2, 0.25) is 0 Å². The molecule has 0 aliphatic rings. The highest BCUT2D eigenvalue weighted by Crippen LogP contribution is 2.06. The van der Waals surface area contributed by atoms with Crippen molar-refractivity contribution in [3.05, 3.63) is 41.6 Å². The molecular formula is C14H17NO3. The van der Waals surface area contributed by atoms with Gasteiger partial charge in [-0.25, -0.2) is 4.79 Å². The Kier molecular flexibility index (Phi) is 5.64. The molecule has 0 saturated carbocycles. The van der Waals surface area contributed by atoms with E-state index >= 15 is 0 Å². The van der Waals surface area contributed by atoms with Crippen LogP contribution in [0.3, 0.4) is 0 Å². The fraction of sp³-hybridized carbons (Fsp3) is 0.286. The van der Waals surface area contributed by atoms with Gasteiger partial charge in [-0.05, 0) is 18.6 Å². The van der Waals surface area contributed by atoms with Gasteiger partial charge in [-0.2, -0.15) is 0 Å². The second-order valence-corrected chi connectivity index (χ2v) is 3.59. The molecule has 0 atom stereocenters. The van der Waals surface area contributed by atoms with Crippen molar-refractivity contribution in [2.75, 3.05) is 6.61 Å². The first-order valence-electron chi connectivity index (χ1n) is 5.91. The van der Waals surface area contributed by atoms with Gasteiger partial charge in [-0.1, -0.05) is 37.3 Å². The third-order valence-electron chi connectivity index (χ3n) is 2.20. The van der Waals surface area contributed by atoms with Crippen molar-refractivity contribution in [3.8, 4) is 0 Å². The molecule has 0 aromatic heterocycles. The Morgan fingerprint density at radius 2 is 1.89 bits per heavy atom. The maximum atomic E-state index is 11.7. The predicted octanol–water partition coefficient (Wildman–Crippen LogP) is 2.12. The minimum atomic E-state index is -0.525. The van der Waals surface area contributed by atoms with Crippen LogP contribution in [0.1, 0.15) is 25.8 Å². The molecule has 1 amide bonds. The van der Waals surface area contributed by atoms with Crippen molar-refractivity contribution in [2.45, 2.75) is 20.3 Å². The zero-order valence-electron chi connectivity index (χ0n) is 10.6. The van der Waals surface area contributed by atoms with Crippen molar-refractivity contribution in [2.24, 2.45) is 0 Å². The normalized spacial score (nSPS) is 10.9. The number of nitrogens with one attached hydrogen (secondary N) is 1. The SMILES string of the molecule is CCOC(=O)C(=Cc1ccccc1)NC(=O)CC. The summed E-state index contributed by atoms with van der Waals surface area (Å²) in [7, 11) is 0. The Labute approximate surface area is 107 Å². The van der Waals surface area contributed by atoms with E-state index in [9.17, 15) is 9.59 Å². The van der Waals surface area contributed by atoms with Crippen molar-refractivity contribution in [1.82, 2.24) is 5.32 Å². The quantitative estimate of drug-likeness (QED) is 0.640. The van der Waals surface area contributed by atoms with E-state index in [-0.39, 0.29) is 18.2 Å². The molecule has 0 fully saturated rings. The molecule has 1 aromatic rings. The standard InChI is InChI=1S/C14H17NO3/c1-3-13(16)15-12(14(17)18-4-2)10-11-8-6-5-7-9-11/h5-10H,3-4H2,1-2H3,(H,15,16). The van der Waals surface area contributed by atoms with Gasteiger partial charge in [-0.15, -0.1) is 0 Å². The topological polar surface area (TPSA) is 55.4 Å². The Bertz CT molecular complexity index is 438. The zero-order valence-corrected chi connectivity index (χ0v) is 10.6. The molecule has 4 heteroatoms. The average Bonchev–Trinajstić information content (AvgIpc) is 2.39. The van der Waals surface area contributed by atoms with E-state index in [4.69, 9.17) is 4.74 Å². The summed E-state index contributed by atoms with van der Waals surface area (Å²) in [6, 6.07) is 9.28. The monoisotopic (exact) mass is 247 g/mol. The summed E-state index contributed by atoms with van der Waals surface area (Å²) in [4.78, 5) is 23.1. The summed E-state index contributed by atoms with van der Waals surface area (Å²) in [6.07, 6.45) is 1.91. The number of benzene rings is 1. The maximum absolute atomic E-state index is 11.7. The summed E-state index contributed by atoms with van der Waals surface area (Å²) in [5.74, 6) is -0.742. The molecule has 18 heavy (non-hydrogen) atoms. The van der Waals surface area contributed by atoms with Crippen LogP contribution in [0, 0.1) is 0 Å². The lowest BCUT2D eigenvalue weighted by molar-refractivity contribution is -0.139. The second kappa shape index (κ2) is 7.27. The molecule has 0 bridgehead atoms. The van der Waals surface area contributed by atoms with E-state index < -0.39 is 5.97 Å². The highest BCUT2D eigenvalue weighted by molar-refractivity contribution is 5.97. The average molecular weight is 247 g/mol. The summed E-state index contributed by atoms with van der Waals surface area (Å²) in [5, 5.41) is 2.55. The molecule has 1 aromatic carbocycles. The van der Waals surface area contributed by atoms with Crippen molar-refractivity contribution in [1.29, 1.82) is 0 Å². The van der Waals surface area contributed by atoms with Gasteiger partial charge in [0.1, 0.15) is 5.70 Å². The van der Waals surface area contributed by atoms with E-state index in [1.165, 1.54) is 0 Å². The molecule has 0 heterocycles. The third-order valence-corrected chi connectivity index (χ3v) is 2.20. The summed E-state index contributed by atoms with van der Waals surface area (Å²) < 4.78 is 4.90. The van der Waals surface area contributed by atoms with E-state index in [1.54, 1.807) is 19.9 Å². The van der Waals surface area contributed by atoms with E-state index in [1.807, 2.05) is 30.3 Å². The van der Waals surface area contributed by atoms with Crippen LogP contribution in [0.4, 0.5) is 0 Å². The number of esters is 1. The fourth-order valence-electron chi connectivity index (χ4n) is 1.31. The molecule has 96 valence electrons. The van der Waals surface area contributed by atoms with Crippen LogP contribution >= 0.6 is 0 Å². The molecule has 0 spiro atoms. The number of amides is 1. The summed E-state index contributed by atoms with van der Waals surface area (Å²) in [5.41, 5.74) is 0.992. The molecular weight excluding hydrogens is 230 g/mol. The van der Waals surface area contributed by atoms with Gasteiger partial charge in [0, 0.05) is 6.42 Å². The van der Waals surface area contributed by atoms with Crippen molar-refractivity contribution >= 4 is 18.0 Å². The van der Waals surface area contributed by atoms with Crippen LogP contribution in [-0.2, 0) is 14.3 Å². The van der Waals surface area contributed by atoms with Crippen molar-refractivity contribution in [3.63, 3.8) is 0 Å². The Balaban J connectivity index is 2.93.